The number of halogens is 2. The number of nitrogens with zero attached hydrogens (tertiary/aromatic N) is 2. The normalized spacial score (nSPS) is 12.8. The van der Waals surface area contributed by atoms with E-state index in [2.05, 4.69) is 15.9 Å². The summed E-state index contributed by atoms with van der Waals surface area (Å²) in [6.45, 7) is 1.51. The van der Waals surface area contributed by atoms with Gasteiger partial charge in [0.05, 0.1) is 17.5 Å². The topological polar surface area (TPSA) is 57.7 Å². The molecule has 26 heavy (non-hydrogen) atoms. The number of carbonyl (C=O) groups is 1. The highest BCUT2D eigenvalue weighted by Crippen LogP contribution is 2.21. The Labute approximate surface area is 161 Å². The summed E-state index contributed by atoms with van der Waals surface area (Å²) < 4.78 is 40.0. The van der Waals surface area contributed by atoms with E-state index >= 15 is 0 Å². The van der Waals surface area contributed by atoms with Crippen molar-refractivity contribution in [2.45, 2.75) is 17.9 Å². The van der Waals surface area contributed by atoms with E-state index in [9.17, 15) is 17.6 Å². The molecule has 1 atom stereocenters. The molecule has 2 rings (SSSR count). The quantitative estimate of drug-likeness (QED) is 0.688. The van der Waals surface area contributed by atoms with Crippen molar-refractivity contribution in [3.8, 4) is 0 Å². The average molecular weight is 443 g/mol. The summed E-state index contributed by atoms with van der Waals surface area (Å²) in [5, 5.41) is 0. The molecule has 5 nitrogen and oxygen atoms in total. The lowest BCUT2D eigenvalue weighted by Gasteiger charge is -2.27. The van der Waals surface area contributed by atoms with Crippen LogP contribution in [0.25, 0.3) is 0 Å². The molecule has 0 spiro atoms. The molecule has 2 aromatic carbocycles. The number of sulfonamides is 1. The maximum absolute atomic E-state index is 13.0. The molecule has 0 bridgehead atoms. The zero-order chi connectivity index (χ0) is 19.5. The van der Waals surface area contributed by atoms with Crippen LogP contribution in [0.3, 0.4) is 0 Å². The zero-order valence-electron chi connectivity index (χ0n) is 14.7. The smallest absolute Gasteiger partial charge is 0.243 e. The monoisotopic (exact) mass is 442 g/mol. The van der Waals surface area contributed by atoms with Crippen molar-refractivity contribution in [2.75, 3.05) is 20.6 Å². The van der Waals surface area contributed by atoms with Crippen LogP contribution >= 0.6 is 15.9 Å². The minimum absolute atomic E-state index is 0.116. The summed E-state index contributed by atoms with van der Waals surface area (Å²) in [4.78, 5) is 14.1. The van der Waals surface area contributed by atoms with Crippen LogP contribution in [-0.4, -0.2) is 44.2 Å². The standard InChI is InChI=1S/C18H20BrFN2O3S/c1-13(14-4-8-16(20)9-5-14)22(3)18(23)12-21(2)26(24,25)17-10-6-15(19)7-11-17/h4-11,13H,12H2,1-3H3. The highest BCUT2D eigenvalue weighted by molar-refractivity contribution is 9.10. The van der Waals surface area contributed by atoms with Gasteiger partial charge in [-0.3, -0.25) is 4.79 Å². The maximum Gasteiger partial charge on any atom is 0.243 e. The first-order chi connectivity index (χ1) is 12.1. The highest BCUT2D eigenvalue weighted by atomic mass is 79.9. The Morgan fingerprint density at radius 3 is 2.15 bits per heavy atom. The molecule has 0 aliphatic heterocycles. The minimum Gasteiger partial charge on any atom is -0.338 e. The molecule has 0 fully saturated rings. The molecule has 0 heterocycles. The summed E-state index contributed by atoms with van der Waals surface area (Å²) >= 11 is 3.26. The molecule has 0 saturated heterocycles. The van der Waals surface area contributed by atoms with E-state index in [0.717, 1.165) is 14.3 Å². The largest absolute Gasteiger partial charge is 0.338 e. The van der Waals surface area contributed by atoms with Crippen LogP contribution in [0.4, 0.5) is 4.39 Å². The molecule has 1 amide bonds. The molecule has 1 unspecified atom stereocenters. The lowest BCUT2D eigenvalue weighted by atomic mass is 10.1. The zero-order valence-corrected chi connectivity index (χ0v) is 17.1. The van der Waals surface area contributed by atoms with E-state index in [0.29, 0.717) is 0 Å². The number of hydrogen-bond donors (Lipinski definition) is 0. The van der Waals surface area contributed by atoms with Crippen molar-refractivity contribution in [1.29, 1.82) is 0 Å². The van der Waals surface area contributed by atoms with E-state index in [4.69, 9.17) is 0 Å². The molecule has 0 aliphatic carbocycles. The van der Waals surface area contributed by atoms with Crippen molar-refractivity contribution in [3.63, 3.8) is 0 Å². The molecule has 2 aromatic rings. The van der Waals surface area contributed by atoms with E-state index in [1.54, 1.807) is 38.2 Å². The number of hydrogen-bond acceptors (Lipinski definition) is 3. The molecule has 0 aliphatic rings. The number of rotatable bonds is 6. The third-order valence-electron chi connectivity index (χ3n) is 4.21. The van der Waals surface area contributed by atoms with Crippen LogP contribution < -0.4 is 0 Å². The van der Waals surface area contributed by atoms with Gasteiger partial charge < -0.3 is 4.90 Å². The van der Waals surface area contributed by atoms with Crippen LogP contribution in [0.5, 0.6) is 0 Å². The van der Waals surface area contributed by atoms with Gasteiger partial charge in [-0.15, -0.1) is 0 Å². The molecule has 140 valence electrons. The predicted molar refractivity (Wildman–Crippen MR) is 102 cm³/mol. The predicted octanol–water partition coefficient (Wildman–Crippen LogP) is 3.43. The second-order valence-electron chi connectivity index (χ2n) is 5.95. The van der Waals surface area contributed by atoms with Gasteiger partial charge >= 0.3 is 0 Å². The average Bonchev–Trinajstić information content (AvgIpc) is 2.61. The third kappa shape index (κ3) is 4.69. The summed E-state index contributed by atoms with van der Waals surface area (Å²) in [6.07, 6.45) is 0. The Bertz CT molecular complexity index is 870. The Balaban J connectivity index is 2.09. The molecule has 8 heteroatoms. The van der Waals surface area contributed by atoms with Crippen molar-refractivity contribution >= 4 is 31.9 Å². The Morgan fingerprint density at radius 2 is 1.62 bits per heavy atom. The van der Waals surface area contributed by atoms with E-state index in [1.165, 1.54) is 36.2 Å². The summed E-state index contributed by atoms with van der Waals surface area (Å²) in [7, 11) is -0.804. The van der Waals surface area contributed by atoms with Gasteiger partial charge in [0.2, 0.25) is 15.9 Å². The van der Waals surface area contributed by atoms with Crippen LogP contribution in [-0.2, 0) is 14.8 Å². The van der Waals surface area contributed by atoms with Crippen LogP contribution in [0.2, 0.25) is 0 Å². The summed E-state index contributed by atoms with van der Waals surface area (Å²) in [6, 6.07) is 11.8. The van der Waals surface area contributed by atoms with Crippen molar-refractivity contribution in [1.82, 2.24) is 9.21 Å². The van der Waals surface area contributed by atoms with Gasteiger partial charge in [-0.2, -0.15) is 4.31 Å². The van der Waals surface area contributed by atoms with Gasteiger partial charge in [0, 0.05) is 18.6 Å². The lowest BCUT2D eigenvalue weighted by molar-refractivity contribution is -0.131. The fourth-order valence-corrected chi connectivity index (χ4v) is 3.74. The van der Waals surface area contributed by atoms with Gasteiger partial charge in [-0.05, 0) is 48.9 Å². The molecule has 0 saturated carbocycles. The summed E-state index contributed by atoms with van der Waals surface area (Å²) in [5.41, 5.74) is 0.765. The van der Waals surface area contributed by atoms with E-state index in [1.807, 2.05) is 0 Å². The second kappa shape index (κ2) is 8.28. The SMILES string of the molecule is CC(c1ccc(F)cc1)N(C)C(=O)CN(C)S(=O)(=O)c1ccc(Br)cc1. The Kier molecular flexibility index (Phi) is 6.54. The molecular formula is C18H20BrFN2O3S. The van der Waals surface area contributed by atoms with Crippen molar-refractivity contribution < 1.29 is 17.6 Å². The molecule has 0 radical (unpaired) electrons. The number of amides is 1. The van der Waals surface area contributed by atoms with E-state index < -0.39 is 10.0 Å². The third-order valence-corrected chi connectivity index (χ3v) is 6.55. The van der Waals surface area contributed by atoms with Crippen molar-refractivity contribution in [3.05, 3.63) is 64.4 Å². The highest BCUT2D eigenvalue weighted by Gasteiger charge is 2.26. The first-order valence-electron chi connectivity index (χ1n) is 7.86. The lowest BCUT2D eigenvalue weighted by Crippen LogP contribution is -2.40. The van der Waals surface area contributed by atoms with Gasteiger partial charge in [0.25, 0.3) is 0 Å². The van der Waals surface area contributed by atoms with Gasteiger partial charge in [-0.1, -0.05) is 28.1 Å². The number of likely N-dealkylation sites (N-methyl/N-ethyl adjacent to an activating group) is 2. The van der Waals surface area contributed by atoms with E-state index in [-0.39, 0.29) is 29.2 Å². The fraction of sp³-hybridized carbons (Fsp3) is 0.278. The molecule has 0 N–H and O–H groups in total. The first-order valence-corrected chi connectivity index (χ1v) is 10.1. The second-order valence-corrected chi connectivity index (χ2v) is 8.91. The van der Waals surface area contributed by atoms with Gasteiger partial charge in [0.15, 0.2) is 0 Å². The maximum atomic E-state index is 13.0. The number of benzene rings is 2. The van der Waals surface area contributed by atoms with Crippen molar-refractivity contribution in [2.24, 2.45) is 0 Å². The molecular weight excluding hydrogens is 423 g/mol. The molecule has 0 aromatic heterocycles. The Morgan fingerprint density at radius 1 is 1.08 bits per heavy atom. The fourth-order valence-electron chi connectivity index (χ4n) is 2.35. The first kappa shape index (κ1) is 20.5. The van der Waals surface area contributed by atoms with Gasteiger partial charge in [0.1, 0.15) is 5.82 Å². The number of carbonyl (C=O) groups excluding carboxylic acids is 1. The van der Waals surface area contributed by atoms with Crippen LogP contribution in [0.15, 0.2) is 57.9 Å². The van der Waals surface area contributed by atoms with Crippen LogP contribution in [0, 0.1) is 5.82 Å². The van der Waals surface area contributed by atoms with Crippen LogP contribution in [0.1, 0.15) is 18.5 Å². The van der Waals surface area contributed by atoms with Gasteiger partial charge in [-0.25, -0.2) is 12.8 Å². The minimum atomic E-state index is -3.76. The summed E-state index contributed by atoms with van der Waals surface area (Å²) in [5.74, 6) is -0.708. The Hall–Kier alpha value is -1.77.